The Morgan fingerprint density at radius 3 is 1.93 bits per heavy atom. The molecule has 0 atom stereocenters. The van der Waals surface area contributed by atoms with Crippen LogP contribution in [-0.4, -0.2) is 11.0 Å². The van der Waals surface area contributed by atoms with Crippen LogP contribution in [0.2, 0.25) is 5.02 Å². The monoisotopic (exact) mass is 394 g/mol. The molecular formula is C22H19ClN2OS. The number of hydrogen-bond donors (Lipinski definition) is 2. The van der Waals surface area contributed by atoms with Crippen LogP contribution in [0.5, 0.6) is 0 Å². The molecule has 0 aliphatic carbocycles. The molecule has 2 N–H and O–H groups in total. The van der Waals surface area contributed by atoms with Crippen molar-refractivity contribution in [2.75, 3.05) is 0 Å². The van der Waals surface area contributed by atoms with Crippen molar-refractivity contribution in [3.05, 3.63) is 107 Å². The standard InChI is InChI=1S/C22H19ClN2OS/c23-19-14-8-7-13-18(19)15-24-22(27)25-21(26)20(16-9-3-1-4-10-16)17-11-5-2-6-12-17/h1-14,20H,15H2,(H2,24,25,26,27). The Morgan fingerprint density at radius 2 is 1.37 bits per heavy atom. The molecule has 0 saturated carbocycles. The number of thiocarbonyl (C=S) groups is 1. The summed E-state index contributed by atoms with van der Waals surface area (Å²) in [5.74, 6) is -0.614. The molecule has 3 rings (SSSR count). The van der Waals surface area contributed by atoms with Crippen molar-refractivity contribution in [2.45, 2.75) is 12.5 Å². The number of rotatable bonds is 5. The molecule has 0 unspecified atom stereocenters. The average molecular weight is 395 g/mol. The third-order valence-electron chi connectivity index (χ3n) is 4.16. The molecule has 0 aromatic heterocycles. The number of nitrogens with one attached hydrogen (secondary N) is 2. The van der Waals surface area contributed by atoms with Gasteiger partial charge >= 0.3 is 0 Å². The molecule has 1 amide bonds. The minimum absolute atomic E-state index is 0.177. The summed E-state index contributed by atoms with van der Waals surface area (Å²) >= 11 is 11.5. The third-order valence-corrected chi connectivity index (χ3v) is 4.78. The molecule has 5 heteroatoms. The third kappa shape index (κ3) is 5.16. The van der Waals surface area contributed by atoms with Gasteiger partial charge in [0.05, 0.1) is 5.92 Å². The Bertz CT molecular complexity index is 876. The van der Waals surface area contributed by atoms with Crippen LogP contribution in [0, 0.1) is 0 Å². The van der Waals surface area contributed by atoms with E-state index in [2.05, 4.69) is 10.6 Å². The molecule has 0 radical (unpaired) electrons. The lowest BCUT2D eigenvalue weighted by Crippen LogP contribution is -2.41. The highest BCUT2D eigenvalue weighted by atomic mass is 35.5. The first-order valence-corrected chi connectivity index (χ1v) is 9.36. The summed E-state index contributed by atoms with van der Waals surface area (Å²) in [4.78, 5) is 13.0. The van der Waals surface area contributed by atoms with Crippen molar-refractivity contribution >= 4 is 34.8 Å². The molecule has 3 aromatic carbocycles. The van der Waals surface area contributed by atoms with E-state index in [0.717, 1.165) is 16.7 Å². The highest BCUT2D eigenvalue weighted by Gasteiger charge is 2.23. The van der Waals surface area contributed by atoms with E-state index in [4.69, 9.17) is 23.8 Å². The first-order valence-electron chi connectivity index (χ1n) is 8.57. The van der Waals surface area contributed by atoms with Gasteiger partial charge in [0.15, 0.2) is 5.11 Å². The fourth-order valence-electron chi connectivity index (χ4n) is 2.83. The van der Waals surface area contributed by atoms with E-state index in [1.807, 2.05) is 84.9 Å². The normalized spacial score (nSPS) is 10.4. The summed E-state index contributed by atoms with van der Waals surface area (Å²) < 4.78 is 0. The lowest BCUT2D eigenvalue weighted by atomic mass is 9.90. The predicted octanol–water partition coefficient (Wildman–Crippen LogP) is 4.66. The number of hydrogen-bond acceptors (Lipinski definition) is 2. The van der Waals surface area contributed by atoms with Crippen LogP contribution in [0.3, 0.4) is 0 Å². The zero-order valence-electron chi connectivity index (χ0n) is 14.6. The van der Waals surface area contributed by atoms with Gasteiger partial charge in [-0.25, -0.2) is 0 Å². The van der Waals surface area contributed by atoms with Crippen LogP contribution >= 0.6 is 23.8 Å². The van der Waals surface area contributed by atoms with E-state index >= 15 is 0 Å². The maximum Gasteiger partial charge on any atom is 0.238 e. The molecule has 0 saturated heterocycles. The summed E-state index contributed by atoms with van der Waals surface area (Å²) in [5.41, 5.74) is 2.74. The van der Waals surface area contributed by atoms with E-state index in [9.17, 15) is 4.79 Å². The molecule has 136 valence electrons. The van der Waals surface area contributed by atoms with Gasteiger partial charge in [-0.05, 0) is 35.0 Å². The lowest BCUT2D eigenvalue weighted by Gasteiger charge is -2.19. The quantitative estimate of drug-likeness (QED) is 0.618. The van der Waals surface area contributed by atoms with Gasteiger partial charge in [-0.2, -0.15) is 0 Å². The van der Waals surface area contributed by atoms with Crippen molar-refractivity contribution < 1.29 is 4.79 Å². The fraction of sp³-hybridized carbons (Fsp3) is 0.0909. The van der Waals surface area contributed by atoms with Crippen molar-refractivity contribution in [1.82, 2.24) is 10.6 Å². The Hall–Kier alpha value is -2.69. The number of halogens is 1. The predicted molar refractivity (Wildman–Crippen MR) is 114 cm³/mol. The van der Waals surface area contributed by atoms with Crippen molar-refractivity contribution in [1.29, 1.82) is 0 Å². The van der Waals surface area contributed by atoms with E-state index in [1.165, 1.54) is 0 Å². The maximum absolute atomic E-state index is 13.0. The Morgan fingerprint density at radius 1 is 0.852 bits per heavy atom. The molecule has 3 aromatic rings. The average Bonchev–Trinajstić information content (AvgIpc) is 2.69. The highest BCUT2D eigenvalue weighted by molar-refractivity contribution is 7.80. The van der Waals surface area contributed by atoms with Crippen molar-refractivity contribution in [3.63, 3.8) is 0 Å². The molecular weight excluding hydrogens is 376 g/mol. The molecule has 27 heavy (non-hydrogen) atoms. The zero-order valence-corrected chi connectivity index (χ0v) is 16.1. The first kappa shape index (κ1) is 19.1. The fourth-order valence-corrected chi connectivity index (χ4v) is 3.21. The van der Waals surface area contributed by atoms with Crippen LogP contribution in [0.15, 0.2) is 84.9 Å². The molecule has 0 aliphatic heterocycles. The minimum Gasteiger partial charge on any atom is -0.358 e. The number of carbonyl (C=O) groups excluding carboxylic acids is 1. The number of carbonyl (C=O) groups is 1. The number of benzene rings is 3. The molecule has 0 spiro atoms. The maximum atomic E-state index is 13.0. The second-order valence-corrected chi connectivity index (χ2v) is 6.83. The van der Waals surface area contributed by atoms with E-state index in [1.54, 1.807) is 0 Å². The second kappa shape index (κ2) is 9.31. The van der Waals surface area contributed by atoms with Crippen LogP contribution in [0.25, 0.3) is 0 Å². The molecule has 0 heterocycles. The Kier molecular flexibility index (Phi) is 6.58. The summed E-state index contributed by atoms with van der Waals surface area (Å²) in [6, 6.07) is 26.8. The summed E-state index contributed by atoms with van der Waals surface area (Å²) in [6.45, 7) is 0.445. The van der Waals surface area contributed by atoms with Gasteiger partial charge in [0.1, 0.15) is 0 Å². The Balaban J connectivity index is 1.71. The molecule has 0 aliphatic rings. The van der Waals surface area contributed by atoms with Crippen LogP contribution < -0.4 is 10.6 Å². The number of amides is 1. The van der Waals surface area contributed by atoms with Gasteiger partial charge in [0.2, 0.25) is 5.91 Å². The molecule has 0 fully saturated rings. The minimum atomic E-state index is -0.438. The summed E-state index contributed by atoms with van der Waals surface area (Å²) in [6.07, 6.45) is 0. The van der Waals surface area contributed by atoms with E-state index in [-0.39, 0.29) is 11.0 Å². The smallest absolute Gasteiger partial charge is 0.238 e. The largest absolute Gasteiger partial charge is 0.358 e. The van der Waals surface area contributed by atoms with Gasteiger partial charge < -0.3 is 10.6 Å². The van der Waals surface area contributed by atoms with E-state index < -0.39 is 5.92 Å². The van der Waals surface area contributed by atoms with Crippen LogP contribution in [-0.2, 0) is 11.3 Å². The van der Waals surface area contributed by atoms with E-state index in [0.29, 0.717) is 11.6 Å². The summed E-state index contributed by atoms with van der Waals surface area (Å²) in [5, 5.41) is 6.78. The van der Waals surface area contributed by atoms with Gasteiger partial charge in [-0.1, -0.05) is 90.5 Å². The van der Waals surface area contributed by atoms with Gasteiger partial charge in [0, 0.05) is 11.6 Å². The molecule has 3 nitrogen and oxygen atoms in total. The summed E-state index contributed by atoms with van der Waals surface area (Å²) in [7, 11) is 0. The van der Waals surface area contributed by atoms with Crippen LogP contribution in [0.1, 0.15) is 22.6 Å². The van der Waals surface area contributed by atoms with Crippen molar-refractivity contribution in [3.8, 4) is 0 Å². The van der Waals surface area contributed by atoms with Crippen LogP contribution in [0.4, 0.5) is 0 Å². The molecule has 0 bridgehead atoms. The topological polar surface area (TPSA) is 41.1 Å². The Labute approximate surface area is 169 Å². The lowest BCUT2D eigenvalue weighted by molar-refractivity contribution is -0.120. The SMILES string of the molecule is O=C(NC(=S)NCc1ccccc1Cl)C(c1ccccc1)c1ccccc1. The zero-order chi connectivity index (χ0) is 19.1. The van der Waals surface area contributed by atoms with Crippen molar-refractivity contribution in [2.24, 2.45) is 0 Å². The van der Waals surface area contributed by atoms with Gasteiger partial charge in [-0.15, -0.1) is 0 Å². The highest BCUT2D eigenvalue weighted by Crippen LogP contribution is 2.24. The van der Waals surface area contributed by atoms with Gasteiger partial charge in [-0.3, -0.25) is 4.79 Å². The first-order chi connectivity index (χ1) is 13.1. The second-order valence-electron chi connectivity index (χ2n) is 6.02. The van der Waals surface area contributed by atoms with Gasteiger partial charge in [0.25, 0.3) is 0 Å².